The summed E-state index contributed by atoms with van der Waals surface area (Å²) in [5.41, 5.74) is 5.01. The van der Waals surface area contributed by atoms with Crippen LogP contribution < -0.4 is 11.1 Å². The van der Waals surface area contributed by atoms with Crippen molar-refractivity contribution in [2.75, 3.05) is 19.6 Å². The fraction of sp³-hybridized carbons (Fsp3) is 0.786. The van der Waals surface area contributed by atoms with Crippen LogP contribution in [0.2, 0.25) is 0 Å². The Balaban J connectivity index is 0.00000242. The van der Waals surface area contributed by atoms with Gasteiger partial charge in [0, 0.05) is 32.1 Å². The van der Waals surface area contributed by atoms with Gasteiger partial charge < -0.3 is 16.0 Å². The summed E-state index contributed by atoms with van der Waals surface area (Å²) < 4.78 is 0. The normalized spacial score (nSPS) is 24.0. The number of rotatable bonds is 4. The molecule has 0 aromatic rings. The number of imide groups is 1. The third-order valence-corrected chi connectivity index (χ3v) is 4.03. The van der Waals surface area contributed by atoms with E-state index in [1.54, 1.807) is 18.7 Å². The maximum atomic E-state index is 12.1. The predicted octanol–water partition coefficient (Wildman–Crippen LogP) is 0.469. The minimum Gasteiger partial charge on any atom is -0.341 e. The molecule has 2 heterocycles. The van der Waals surface area contributed by atoms with E-state index >= 15 is 0 Å². The van der Waals surface area contributed by atoms with Crippen LogP contribution in [0.3, 0.4) is 0 Å². The number of nitrogens with one attached hydrogen (secondary N) is 1. The van der Waals surface area contributed by atoms with Gasteiger partial charge in [-0.1, -0.05) is 0 Å². The number of nitrogens with two attached hydrogens (primary N) is 1. The van der Waals surface area contributed by atoms with Crippen LogP contribution in [0.15, 0.2) is 0 Å². The Morgan fingerprint density at radius 3 is 2.64 bits per heavy atom. The molecule has 2 rings (SSSR count). The number of nitrogens with zero attached hydrogens (tertiary/aromatic N) is 2. The van der Waals surface area contributed by atoms with E-state index in [1.807, 2.05) is 0 Å². The maximum Gasteiger partial charge on any atom is 0.325 e. The highest BCUT2D eigenvalue weighted by atomic mass is 35.5. The molecule has 126 valence electrons. The lowest BCUT2D eigenvalue weighted by molar-refractivity contribution is -0.133. The van der Waals surface area contributed by atoms with Crippen molar-refractivity contribution in [3.8, 4) is 0 Å². The van der Waals surface area contributed by atoms with Crippen molar-refractivity contribution in [3.05, 3.63) is 0 Å². The fourth-order valence-corrected chi connectivity index (χ4v) is 2.80. The molecule has 0 radical (unpaired) electrons. The molecule has 0 saturated carbocycles. The first kappa shape index (κ1) is 18.7. The molecule has 2 fully saturated rings. The summed E-state index contributed by atoms with van der Waals surface area (Å²) in [5.74, 6) is -0.184. The first-order chi connectivity index (χ1) is 9.81. The van der Waals surface area contributed by atoms with Gasteiger partial charge in [-0.25, -0.2) is 4.79 Å². The molecule has 3 N–H and O–H groups in total. The Labute approximate surface area is 137 Å². The van der Waals surface area contributed by atoms with Crippen LogP contribution in [0.5, 0.6) is 0 Å². The number of halogens is 1. The zero-order valence-electron chi connectivity index (χ0n) is 13.1. The van der Waals surface area contributed by atoms with Gasteiger partial charge in [0.2, 0.25) is 5.91 Å². The molecule has 7 nitrogen and oxygen atoms in total. The fourth-order valence-electron chi connectivity index (χ4n) is 2.80. The molecule has 0 spiro atoms. The zero-order chi connectivity index (χ0) is 15.6. The smallest absolute Gasteiger partial charge is 0.325 e. The molecule has 2 saturated heterocycles. The highest BCUT2D eigenvalue weighted by Gasteiger charge is 2.43. The van der Waals surface area contributed by atoms with Crippen LogP contribution in [-0.4, -0.2) is 58.9 Å². The van der Waals surface area contributed by atoms with E-state index in [1.165, 1.54) is 4.90 Å². The molecule has 22 heavy (non-hydrogen) atoms. The molecule has 0 bridgehead atoms. The quantitative estimate of drug-likeness (QED) is 0.731. The second-order valence-corrected chi connectivity index (χ2v) is 6.36. The van der Waals surface area contributed by atoms with E-state index < -0.39 is 5.54 Å². The van der Waals surface area contributed by atoms with Gasteiger partial charge in [0.05, 0.1) is 0 Å². The van der Waals surface area contributed by atoms with Gasteiger partial charge in [0.25, 0.3) is 5.91 Å². The van der Waals surface area contributed by atoms with Gasteiger partial charge in [-0.15, -0.1) is 12.4 Å². The molecule has 1 atom stereocenters. The molecule has 0 aromatic heterocycles. The first-order valence-electron chi connectivity index (χ1n) is 7.49. The number of piperidine rings is 1. The van der Waals surface area contributed by atoms with Crippen LogP contribution in [0.25, 0.3) is 0 Å². The lowest BCUT2D eigenvalue weighted by Crippen LogP contribution is -2.45. The van der Waals surface area contributed by atoms with Crippen LogP contribution >= 0.6 is 12.4 Å². The zero-order valence-corrected chi connectivity index (χ0v) is 13.9. The minimum atomic E-state index is -0.846. The molecule has 2 aliphatic rings. The molecular weight excluding hydrogens is 308 g/mol. The number of amides is 4. The van der Waals surface area contributed by atoms with Crippen LogP contribution in [0.4, 0.5) is 4.79 Å². The predicted molar refractivity (Wildman–Crippen MR) is 84.6 cm³/mol. The van der Waals surface area contributed by atoms with Gasteiger partial charge in [0.1, 0.15) is 5.54 Å². The van der Waals surface area contributed by atoms with Gasteiger partial charge in [0.15, 0.2) is 0 Å². The van der Waals surface area contributed by atoms with Gasteiger partial charge in [-0.2, -0.15) is 0 Å². The molecule has 1 unspecified atom stereocenters. The van der Waals surface area contributed by atoms with Crippen molar-refractivity contribution < 1.29 is 14.4 Å². The number of hydrogen-bond donors (Lipinski definition) is 2. The van der Waals surface area contributed by atoms with Crippen molar-refractivity contribution in [2.24, 2.45) is 5.73 Å². The minimum absolute atomic E-state index is 0. The van der Waals surface area contributed by atoms with Crippen molar-refractivity contribution in [1.82, 2.24) is 15.1 Å². The SMILES string of the molecule is CC1(C)NC(=O)N(CCCC(=O)N2CCCC(N)C2)C1=O.Cl. The monoisotopic (exact) mass is 332 g/mol. The summed E-state index contributed by atoms with van der Waals surface area (Å²) in [5, 5.41) is 2.63. The molecule has 0 aliphatic carbocycles. The van der Waals surface area contributed by atoms with Crippen LogP contribution in [0, 0.1) is 0 Å². The van der Waals surface area contributed by atoms with Crippen molar-refractivity contribution >= 4 is 30.3 Å². The first-order valence-corrected chi connectivity index (χ1v) is 7.49. The average molecular weight is 333 g/mol. The van der Waals surface area contributed by atoms with Crippen molar-refractivity contribution in [3.63, 3.8) is 0 Å². The van der Waals surface area contributed by atoms with Crippen molar-refractivity contribution in [1.29, 1.82) is 0 Å². The van der Waals surface area contributed by atoms with E-state index in [0.717, 1.165) is 19.4 Å². The standard InChI is InChI=1S/C14H24N4O3.ClH/c1-14(2)12(20)18(13(21)16-14)8-4-6-11(19)17-7-3-5-10(15)9-17;/h10H,3-9,15H2,1-2H3,(H,16,21);1H. The summed E-state index contributed by atoms with van der Waals surface area (Å²) >= 11 is 0. The van der Waals surface area contributed by atoms with E-state index in [9.17, 15) is 14.4 Å². The van der Waals surface area contributed by atoms with E-state index in [2.05, 4.69) is 5.32 Å². The van der Waals surface area contributed by atoms with E-state index in [-0.39, 0.29) is 42.8 Å². The highest BCUT2D eigenvalue weighted by molar-refractivity contribution is 6.06. The third-order valence-electron chi connectivity index (χ3n) is 4.03. The number of carbonyl (C=O) groups is 3. The topological polar surface area (TPSA) is 95.7 Å². The Kier molecular flexibility index (Phi) is 6.19. The summed E-state index contributed by atoms with van der Waals surface area (Å²) in [6.45, 7) is 4.98. The summed E-state index contributed by atoms with van der Waals surface area (Å²) in [7, 11) is 0. The van der Waals surface area contributed by atoms with Gasteiger partial charge in [-0.05, 0) is 33.1 Å². The van der Waals surface area contributed by atoms with Gasteiger partial charge in [-0.3, -0.25) is 14.5 Å². The second kappa shape index (κ2) is 7.28. The van der Waals surface area contributed by atoms with Crippen LogP contribution in [0.1, 0.15) is 39.5 Å². The lowest BCUT2D eigenvalue weighted by atomic mass is 10.1. The summed E-state index contributed by atoms with van der Waals surface area (Å²) in [6.07, 6.45) is 2.72. The molecular formula is C14H25ClN4O3. The second-order valence-electron chi connectivity index (χ2n) is 6.36. The van der Waals surface area contributed by atoms with E-state index in [4.69, 9.17) is 5.73 Å². The van der Waals surface area contributed by atoms with Gasteiger partial charge >= 0.3 is 6.03 Å². The van der Waals surface area contributed by atoms with Crippen molar-refractivity contribution in [2.45, 2.75) is 51.1 Å². The number of urea groups is 1. The molecule has 8 heteroatoms. The molecule has 4 amide bonds. The largest absolute Gasteiger partial charge is 0.341 e. The Morgan fingerprint density at radius 1 is 1.41 bits per heavy atom. The van der Waals surface area contributed by atoms with E-state index in [0.29, 0.717) is 19.4 Å². The number of likely N-dealkylation sites (tertiary alicyclic amines) is 1. The molecule has 2 aliphatic heterocycles. The summed E-state index contributed by atoms with van der Waals surface area (Å²) in [4.78, 5) is 38.7. The number of hydrogen-bond acceptors (Lipinski definition) is 4. The Bertz CT molecular complexity index is 455. The molecule has 0 aromatic carbocycles. The third kappa shape index (κ3) is 4.10. The highest BCUT2D eigenvalue weighted by Crippen LogP contribution is 2.17. The number of carbonyl (C=O) groups excluding carboxylic acids is 3. The van der Waals surface area contributed by atoms with Crippen LogP contribution in [-0.2, 0) is 9.59 Å². The Hall–Kier alpha value is -1.34. The average Bonchev–Trinajstić information content (AvgIpc) is 2.60. The Morgan fingerprint density at radius 2 is 2.09 bits per heavy atom. The lowest BCUT2D eigenvalue weighted by Gasteiger charge is -2.31. The maximum absolute atomic E-state index is 12.1. The summed E-state index contributed by atoms with van der Waals surface area (Å²) in [6, 6.07) is -0.313.